The van der Waals surface area contributed by atoms with Crippen molar-refractivity contribution in [2.45, 2.75) is 69.1 Å². The van der Waals surface area contributed by atoms with Crippen molar-refractivity contribution in [2.75, 3.05) is 0 Å². The highest BCUT2D eigenvalue weighted by atomic mass is 127. The third-order valence-electron chi connectivity index (χ3n) is 7.23. The molecule has 0 radical (unpaired) electrons. The summed E-state index contributed by atoms with van der Waals surface area (Å²) in [5.41, 5.74) is 4.24. The number of halogens is 1. The Morgan fingerprint density at radius 3 is 1.46 bits per heavy atom. The molecular weight excluding hydrogens is 731 g/mol. The maximum atomic E-state index is 12.3. The first kappa shape index (κ1) is 35.6. The lowest BCUT2D eigenvalue weighted by Crippen LogP contribution is -3.61. The van der Waals surface area contributed by atoms with Crippen LogP contribution in [-0.2, 0) is 31.1 Å². The van der Waals surface area contributed by atoms with Gasteiger partial charge >= 0.3 is 31.3 Å². The third-order valence-corrected chi connectivity index (χ3v) is 12.0. The SMILES string of the molecule is CC(C)(C)c1ccc([I+]c2ccc(C(C)(C)C)cc2)cc1.Cc1ccc(S(=O)(=O)Oc2ccc3cc(S(=O)(=O)[O-])ccc3c2)cc1. The summed E-state index contributed by atoms with van der Waals surface area (Å²) in [5.74, 6) is 0.0887. The Labute approximate surface area is 284 Å². The molecule has 9 heteroatoms. The zero-order valence-corrected chi connectivity index (χ0v) is 30.8. The van der Waals surface area contributed by atoms with Gasteiger partial charge in [0.05, 0.1) is 4.90 Å². The van der Waals surface area contributed by atoms with Gasteiger partial charge < -0.3 is 8.74 Å². The standard InChI is InChI=1S/C20H26I.C17H14O6S2/c1-19(2,3)15-7-11-17(12-8-15)21-18-13-9-16(10-14-18)20(4,5)6;1-12-2-7-16(8-3-12)25(21,22)23-15-6-4-14-11-17(24(18,19)20)9-5-13(14)10-15/h7-14H,1-6H3;2-11H,1H3,(H,18,19,20)/q+1;/p-1. The summed E-state index contributed by atoms with van der Waals surface area (Å²) in [5, 5.41) is 1.03. The molecule has 0 saturated heterocycles. The van der Waals surface area contributed by atoms with E-state index in [4.69, 9.17) is 4.18 Å². The van der Waals surface area contributed by atoms with Crippen molar-refractivity contribution in [1.29, 1.82) is 0 Å². The van der Waals surface area contributed by atoms with Crippen molar-refractivity contribution < 1.29 is 46.8 Å². The Balaban J connectivity index is 0.000000212. The molecule has 0 aromatic heterocycles. The van der Waals surface area contributed by atoms with Crippen LogP contribution in [0.2, 0.25) is 0 Å². The maximum Gasteiger partial charge on any atom is 0.357 e. The molecule has 46 heavy (non-hydrogen) atoms. The molecule has 5 rings (SSSR count). The van der Waals surface area contributed by atoms with Gasteiger partial charge in [-0.15, -0.1) is 0 Å². The quantitative estimate of drug-likeness (QED) is 0.133. The van der Waals surface area contributed by atoms with E-state index in [1.165, 1.54) is 66.8 Å². The Bertz CT molecular complexity index is 1970. The molecule has 6 nitrogen and oxygen atoms in total. The lowest BCUT2D eigenvalue weighted by atomic mass is 9.87. The van der Waals surface area contributed by atoms with E-state index in [2.05, 4.69) is 90.1 Å². The Morgan fingerprint density at radius 2 is 1.00 bits per heavy atom. The van der Waals surface area contributed by atoms with Gasteiger partial charge in [0.2, 0.25) is 0 Å². The topological polar surface area (TPSA) is 101 Å². The first-order chi connectivity index (χ1) is 21.3. The predicted octanol–water partition coefficient (Wildman–Crippen LogP) is 5.23. The van der Waals surface area contributed by atoms with Crippen molar-refractivity contribution in [2.24, 2.45) is 0 Å². The van der Waals surface area contributed by atoms with Crippen LogP contribution in [0.15, 0.2) is 119 Å². The molecule has 0 fully saturated rings. The number of hydrogen-bond acceptors (Lipinski definition) is 6. The monoisotopic (exact) mass is 770 g/mol. The zero-order chi connectivity index (χ0) is 33.9. The second-order valence-electron chi connectivity index (χ2n) is 13.1. The van der Waals surface area contributed by atoms with E-state index in [1.54, 1.807) is 12.1 Å². The van der Waals surface area contributed by atoms with Crippen LogP contribution < -0.4 is 25.4 Å². The van der Waals surface area contributed by atoms with Crippen LogP contribution in [0.5, 0.6) is 5.75 Å². The van der Waals surface area contributed by atoms with Crippen LogP contribution in [0.4, 0.5) is 0 Å². The normalized spacial score (nSPS) is 12.3. The van der Waals surface area contributed by atoms with E-state index < -0.39 is 20.2 Å². The molecule has 0 spiro atoms. The van der Waals surface area contributed by atoms with Crippen molar-refractivity contribution in [3.05, 3.63) is 133 Å². The van der Waals surface area contributed by atoms with E-state index in [0.29, 0.717) is 10.8 Å². The van der Waals surface area contributed by atoms with E-state index in [1.807, 2.05) is 6.92 Å². The van der Waals surface area contributed by atoms with Gasteiger partial charge in [-0.3, -0.25) is 0 Å². The van der Waals surface area contributed by atoms with Crippen LogP contribution in [0.25, 0.3) is 10.8 Å². The van der Waals surface area contributed by atoms with Gasteiger partial charge in [0.1, 0.15) is 20.8 Å². The first-order valence-electron chi connectivity index (χ1n) is 14.7. The summed E-state index contributed by atoms with van der Waals surface area (Å²) in [6.07, 6.45) is 0. The number of aryl methyl sites for hydroxylation is 1. The predicted molar refractivity (Wildman–Crippen MR) is 179 cm³/mol. The lowest BCUT2D eigenvalue weighted by Gasteiger charge is -2.18. The van der Waals surface area contributed by atoms with Crippen LogP contribution >= 0.6 is 0 Å². The molecule has 0 saturated carbocycles. The molecular formula is C37H39IO6S2. The van der Waals surface area contributed by atoms with E-state index in [9.17, 15) is 21.4 Å². The molecule has 0 unspecified atom stereocenters. The van der Waals surface area contributed by atoms with E-state index in [-0.39, 0.29) is 47.6 Å². The van der Waals surface area contributed by atoms with Gasteiger partial charge in [0.15, 0.2) is 7.14 Å². The zero-order valence-electron chi connectivity index (χ0n) is 27.0. The number of fused-ring (bicyclic) bond motifs is 1. The second-order valence-corrected chi connectivity index (χ2v) is 19.0. The molecule has 0 aliphatic carbocycles. The van der Waals surface area contributed by atoms with Crippen LogP contribution in [0, 0.1) is 14.1 Å². The minimum Gasteiger partial charge on any atom is -0.744 e. The fourth-order valence-electron chi connectivity index (χ4n) is 4.44. The van der Waals surface area contributed by atoms with Crippen molar-refractivity contribution in [3.8, 4) is 5.75 Å². The molecule has 0 aliphatic rings. The van der Waals surface area contributed by atoms with E-state index in [0.717, 1.165) is 5.56 Å². The van der Waals surface area contributed by atoms with Gasteiger partial charge in [-0.2, -0.15) is 8.42 Å². The molecule has 0 atom stereocenters. The number of rotatable bonds is 6. The molecule has 5 aromatic rings. The summed E-state index contributed by atoms with van der Waals surface area (Å²) in [6, 6.07) is 32.8. The molecule has 0 aliphatic heterocycles. The van der Waals surface area contributed by atoms with Crippen LogP contribution in [-0.4, -0.2) is 21.4 Å². The molecule has 0 bridgehead atoms. The maximum absolute atomic E-state index is 12.3. The first-order valence-corrected chi connectivity index (χ1v) is 19.7. The van der Waals surface area contributed by atoms with Crippen molar-refractivity contribution in [1.82, 2.24) is 0 Å². The van der Waals surface area contributed by atoms with Gasteiger partial charge in [-0.05, 0) is 100 Å². The third kappa shape index (κ3) is 9.63. The fraction of sp³-hybridized carbons (Fsp3) is 0.243. The van der Waals surface area contributed by atoms with Gasteiger partial charge in [0, 0.05) is 0 Å². The number of hydrogen-bond donors (Lipinski definition) is 0. The van der Waals surface area contributed by atoms with Crippen LogP contribution in [0.1, 0.15) is 58.2 Å². The molecule has 242 valence electrons. The minimum absolute atomic E-state index is 0.0333. The van der Waals surface area contributed by atoms with Gasteiger partial charge in [-0.25, -0.2) is 8.42 Å². The van der Waals surface area contributed by atoms with Crippen molar-refractivity contribution >= 4 is 31.0 Å². The highest BCUT2D eigenvalue weighted by Gasteiger charge is 2.20. The Morgan fingerprint density at radius 1 is 0.565 bits per heavy atom. The summed E-state index contributed by atoms with van der Waals surface area (Å²) in [4.78, 5) is -0.313. The van der Waals surface area contributed by atoms with Crippen molar-refractivity contribution in [3.63, 3.8) is 0 Å². The smallest absolute Gasteiger partial charge is 0.357 e. The summed E-state index contributed by atoms with van der Waals surface area (Å²) >= 11 is -0.0703. The minimum atomic E-state index is -4.55. The average molecular weight is 771 g/mol. The summed E-state index contributed by atoms with van der Waals surface area (Å²) in [6.45, 7) is 15.4. The van der Waals surface area contributed by atoms with Crippen LogP contribution in [0.3, 0.4) is 0 Å². The highest BCUT2D eigenvalue weighted by molar-refractivity contribution is 7.87. The van der Waals surface area contributed by atoms with E-state index >= 15 is 0 Å². The summed E-state index contributed by atoms with van der Waals surface area (Å²) < 4.78 is 65.8. The Hall–Kier alpha value is -3.25. The van der Waals surface area contributed by atoms with Gasteiger partial charge in [-0.1, -0.05) is 95.6 Å². The fourth-order valence-corrected chi connectivity index (χ4v) is 8.03. The summed E-state index contributed by atoms with van der Waals surface area (Å²) in [7, 11) is -8.53. The molecule has 5 aromatic carbocycles. The molecule has 0 N–H and O–H groups in total. The van der Waals surface area contributed by atoms with Gasteiger partial charge in [0.25, 0.3) is 0 Å². The highest BCUT2D eigenvalue weighted by Crippen LogP contribution is 2.26. The Kier molecular flexibility index (Phi) is 10.7. The largest absolute Gasteiger partial charge is 0.744 e. The second kappa shape index (κ2) is 13.9. The molecule has 0 heterocycles. The number of benzene rings is 5. The lowest BCUT2D eigenvalue weighted by molar-refractivity contribution is -0.597. The molecule has 0 amide bonds. The average Bonchev–Trinajstić information content (AvgIpc) is 2.96.